The Hall–Kier alpha value is -14.8. The van der Waals surface area contributed by atoms with E-state index in [-0.39, 0.29) is 23.4 Å². The second-order valence-electron chi connectivity index (χ2n) is 27.8. The van der Waals surface area contributed by atoms with Gasteiger partial charge in [0.15, 0.2) is 5.49 Å². The highest BCUT2D eigenvalue weighted by Gasteiger charge is 2.16. The van der Waals surface area contributed by atoms with Crippen LogP contribution in [0, 0.1) is 60.7 Å². The molecule has 5 aromatic carbocycles. The maximum absolute atomic E-state index is 11.6. The fraction of sp³-hybridized carbons (Fsp3) is 0.247. The van der Waals surface area contributed by atoms with E-state index in [1.165, 1.54) is 50.2 Å². The minimum absolute atomic E-state index is 0.201. The van der Waals surface area contributed by atoms with Gasteiger partial charge in [-0.3, -0.25) is 4.79 Å². The molecule has 122 heavy (non-hydrogen) atoms. The number of anilines is 5. The first-order valence-electron chi connectivity index (χ1n) is 38.8. The van der Waals surface area contributed by atoms with Gasteiger partial charge in [0.25, 0.3) is 0 Å². The van der Waals surface area contributed by atoms with Gasteiger partial charge in [0.1, 0.15) is 40.3 Å². The third-order valence-electron chi connectivity index (χ3n) is 17.8. The summed E-state index contributed by atoms with van der Waals surface area (Å²) in [5.74, 6) is 1.09. The lowest BCUT2D eigenvalue weighted by Crippen LogP contribution is -2.25. The number of hydrogen-bond acceptors (Lipinski definition) is 25. The van der Waals surface area contributed by atoms with Crippen LogP contribution in [0.15, 0.2) is 322 Å². The molecule has 0 saturated carbocycles. The molecule has 1 aliphatic carbocycles. The number of rotatable bonds is 21. The number of hydrogen-bond donors (Lipinski definition) is 1. The maximum Gasteiger partial charge on any atom is 0.356 e. The zero-order chi connectivity index (χ0) is 89.0. The molecule has 0 saturated heterocycles. The van der Waals surface area contributed by atoms with Crippen LogP contribution < -0.4 is 53.6 Å². The fourth-order valence-electron chi connectivity index (χ4n) is 10.9. The van der Waals surface area contributed by atoms with Gasteiger partial charge in [-0.05, 0) is 287 Å². The Labute approximate surface area is 716 Å². The second-order valence-corrected chi connectivity index (χ2v) is 28.2. The highest BCUT2D eigenvalue weighted by Crippen LogP contribution is 2.29. The van der Waals surface area contributed by atoms with Gasteiger partial charge in [-0.1, -0.05) is 23.7 Å². The third kappa shape index (κ3) is 29.7. The Balaban J connectivity index is 0.000000202. The molecule has 0 atom stereocenters. The number of carbonyl (C=O) groups is 1. The number of benzene rings is 5. The van der Waals surface area contributed by atoms with Crippen molar-refractivity contribution in [1.29, 1.82) is 0 Å². The summed E-state index contributed by atoms with van der Waals surface area (Å²) < 4.78 is 4.33. The lowest BCUT2D eigenvalue weighted by molar-refractivity contribution is -0.592. The van der Waals surface area contributed by atoms with Gasteiger partial charge in [-0.25, -0.2) is 28.6 Å². The SMILES string of the molecule is CC(=O)N=C1C=C(N(C)C)C=CC1=NN=c1c(C)cccn1O.CCN(CC)c1ccc(N=Nc2c(C)ccc[n+]2[O-])cc1.CCN(CC)c1ccc(N=Nc2ccc(Cl)c[n+]2[O-])cc1.Cc1cc(N(C)C)ccc1N=Nc1cccc[n+]1[O-].Cc1ccc(N=Nc2ccc(N(C)C)cc2)[n+]([O-])c1.Cc1ccc[n+]([O-])c1N=Nc1ccc(N(C)C)cc1. The first kappa shape index (κ1) is 94.3. The number of allylic oxidation sites excluding steroid dienone is 3. The summed E-state index contributed by atoms with van der Waals surface area (Å²) in [5.41, 5.74) is 15.6. The molecule has 11 aromatic rings. The van der Waals surface area contributed by atoms with Crippen LogP contribution in [0.4, 0.5) is 86.0 Å². The minimum atomic E-state index is -0.314. The first-order valence-corrected chi connectivity index (χ1v) is 39.2. The van der Waals surface area contributed by atoms with E-state index >= 15 is 0 Å². The standard InChI is InChI=1S/C16H19N5O2.C16H20N4O.C15H17ClN4O.3C14H16N4O/c1-11-6-5-9-21(23)16(11)19-18-14-8-7-13(20(3)4)10-15(14)17-12(2)22;1-4-19(5-2)15-10-8-14(9-11-15)17-18-16-13(3)7-6-12-20(16)21;1-3-19(4-2)14-8-6-13(7-9-14)17-18-15-10-5-12(16)11-20(15)21;1-11-4-9-14(18(19)10-11)16-15-12-5-7-13(8-6-12)17(2)3;1-11-5-4-10-18(19)14(11)16-15-12-6-8-13(9-7-12)17(2)3;1-11-10-12(17(2)3)7-8-13(11)15-16-14-6-4-5-9-18(14)19/h5-10,23H,1-4H3;6-12H,4-5H2,1-3H3;5-11H,3-4H2,1-2H3;3*4-10H,1-3H3. The summed E-state index contributed by atoms with van der Waals surface area (Å²) in [6, 6.07) is 59.0. The predicted molar refractivity (Wildman–Crippen MR) is 483 cm³/mol. The van der Waals surface area contributed by atoms with Gasteiger partial charge in [0, 0.05) is 159 Å². The molecule has 0 unspecified atom stereocenters. The van der Waals surface area contributed by atoms with Gasteiger partial charge in [0.2, 0.25) is 5.91 Å². The molecule has 33 heteroatoms. The third-order valence-corrected chi connectivity index (χ3v) is 18.0. The van der Waals surface area contributed by atoms with Crippen molar-refractivity contribution >= 4 is 115 Å². The highest BCUT2D eigenvalue weighted by atomic mass is 35.5. The van der Waals surface area contributed by atoms with Gasteiger partial charge < -0.3 is 60.6 Å². The van der Waals surface area contributed by atoms with E-state index in [1.54, 1.807) is 60.7 Å². The van der Waals surface area contributed by atoms with E-state index in [2.05, 4.69) is 104 Å². The Kier molecular flexibility index (Phi) is 36.8. The number of pyridine rings is 6. The summed E-state index contributed by atoms with van der Waals surface area (Å²) in [5, 5.41) is 116. The lowest BCUT2D eigenvalue weighted by Gasteiger charge is -2.20. The van der Waals surface area contributed by atoms with Crippen LogP contribution >= 0.6 is 11.6 Å². The van der Waals surface area contributed by atoms with Crippen molar-refractivity contribution in [2.24, 2.45) is 66.3 Å². The number of halogens is 1. The molecule has 0 bridgehead atoms. The molecule has 0 fully saturated rings. The normalized spacial score (nSPS) is 12.4. The van der Waals surface area contributed by atoms with Crippen LogP contribution in [0.1, 0.15) is 62.4 Å². The topological polar surface area (TPSA) is 357 Å². The fourth-order valence-corrected chi connectivity index (χ4v) is 11.0. The smallest absolute Gasteiger partial charge is 0.356 e. The molecule has 1 N–H and O–H groups in total. The number of likely N-dealkylation sites (N-methyl/N-ethyl adjacent to an activating group) is 1. The predicted octanol–water partition coefficient (Wildman–Crippen LogP) is 18.7. The van der Waals surface area contributed by atoms with Crippen molar-refractivity contribution in [2.75, 3.05) is 107 Å². The van der Waals surface area contributed by atoms with Crippen molar-refractivity contribution in [1.82, 2.24) is 9.63 Å². The molecule has 1 aliphatic rings. The number of carbonyl (C=O) groups excluding carboxylic acids is 1. The molecule has 6 heterocycles. The van der Waals surface area contributed by atoms with E-state index in [4.69, 9.17) is 11.6 Å². The van der Waals surface area contributed by atoms with Crippen LogP contribution in [0.5, 0.6) is 0 Å². The van der Waals surface area contributed by atoms with Crippen molar-refractivity contribution in [3.05, 3.63) is 320 Å². The van der Waals surface area contributed by atoms with Gasteiger partial charge >= 0.3 is 29.1 Å². The van der Waals surface area contributed by atoms with Crippen LogP contribution in [0.3, 0.4) is 0 Å². The minimum Gasteiger partial charge on any atom is -0.710 e. The average molecular weight is 1670 g/mol. The summed E-state index contributed by atoms with van der Waals surface area (Å²) in [6.07, 6.45) is 13.8. The Morgan fingerprint density at radius 1 is 0.402 bits per heavy atom. The monoisotopic (exact) mass is 1670 g/mol. The number of nitrogens with zero attached hydrogens (tertiary/aromatic N) is 25. The Morgan fingerprint density at radius 2 is 0.828 bits per heavy atom. The summed E-state index contributed by atoms with van der Waals surface area (Å²) >= 11 is 5.71. The Bertz CT molecular complexity index is 5560. The zero-order valence-corrected chi connectivity index (χ0v) is 72.7. The molecule has 1 amide bonds. The van der Waals surface area contributed by atoms with Crippen molar-refractivity contribution in [3.63, 3.8) is 0 Å². The average Bonchev–Trinajstić information content (AvgIpc) is 0.827. The van der Waals surface area contributed by atoms with E-state index < -0.39 is 0 Å². The number of aliphatic imine (C=N–C) groups is 1. The van der Waals surface area contributed by atoms with Crippen LogP contribution in [-0.4, -0.2) is 115 Å². The zero-order valence-electron chi connectivity index (χ0n) is 72.0. The summed E-state index contributed by atoms with van der Waals surface area (Å²) in [7, 11) is 15.7. The van der Waals surface area contributed by atoms with E-state index in [0.717, 1.165) is 109 Å². The molecule has 32 nitrogen and oxygen atoms in total. The van der Waals surface area contributed by atoms with Crippen molar-refractivity contribution in [3.8, 4) is 0 Å². The largest absolute Gasteiger partial charge is 0.710 e. The number of amides is 1. The van der Waals surface area contributed by atoms with Gasteiger partial charge in [0.05, 0.1) is 61.1 Å². The van der Waals surface area contributed by atoms with Crippen molar-refractivity contribution in [2.45, 2.75) is 69.2 Å². The Morgan fingerprint density at radius 3 is 1.25 bits per heavy atom. The maximum atomic E-state index is 11.6. The van der Waals surface area contributed by atoms with E-state index in [9.17, 15) is 36.0 Å². The van der Waals surface area contributed by atoms with Crippen molar-refractivity contribution < 1.29 is 33.7 Å². The van der Waals surface area contributed by atoms with Crippen LogP contribution in [-0.2, 0) is 4.79 Å². The van der Waals surface area contributed by atoms with Gasteiger partial charge in [-0.15, -0.1) is 10.2 Å². The first-order chi connectivity index (χ1) is 58.4. The summed E-state index contributed by atoms with van der Waals surface area (Å²) in [4.78, 5) is 27.7. The quantitative estimate of drug-likeness (QED) is 0.0175. The molecule has 634 valence electrons. The molecule has 6 aromatic heterocycles. The molecular formula is C89H104ClN25O7. The molecule has 0 radical (unpaired) electrons. The molecule has 0 aliphatic heterocycles. The number of aromatic nitrogens is 6. The van der Waals surface area contributed by atoms with Crippen LogP contribution in [0.2, 0.25) is 5.02 Å². The molecule has 12 rings (SSSR count). The number of aryl methyl sites for hydroxylation is 5. The molecular weight excluding hydrogens is 1570 g/mol. The van der Waals surface area contributed by atoms with E-state index in [1.807, 2.05) is 256 Å². The highest BCUT2D eigenvalue weighted by molar-refractivity contribution is 6.52. The lowest BCUT2D eigenvalue weighted by atomic mass is 10.1. The van der Waals surface area contributed by atoms with E-state index in [0.29, 0.717) is 69.6 Å². The summed E-state index contributed by atoms with van der Waals surface area (Å²) in [6.45, 7) is 23.0. The number of azo groups is 5. The second kappa shape index (κ2) is 47.5. The molecule has 0 spiro atoms. The van der Waals surface area contributed by atoms with Crippen LogP contribution in [0.25, 0.3) is 0 Å². The van der Waals surface area contributed by atoms with Gasteiger partial charge in [-0.2, -0.15) is 4.73 Å².